The number of hydrogen-bond acceptors (Lipinski definition) is 2. The minimum Gasteiger partial charge on any atom is -0.330 e. The van der Waals surface area contributed by atoms with Gasteiger partial charge in [0.05, 0.1) is 0 Å². The molecular weight excluding hydrogens is 136 g/mol. The van der Waals surface area contributed by atoms with Crippen LogP contribution in [0.4, 0.5) is 0 Å². The van der Waals surface area contributed by atoms with Gasteiger partial charge < -0.3 is 11.1 Å². The molecule has 2 heteroatoms. The van der Waals surface area contributed by atoms with E-state index in [0.29, 0.717) is 11.5 Å². The van der Waals surface area contributed by atoms with E-state index in [9.17, 15) is 0 Å². The summed E-state index contributed by atoms with van der Waals surface area (Å²) in [6.45, 7) is 3.09. The third-order valence-electron chi connectivity index (χ3n) is 3.25. The Kier molecular flexibility index (Phi) is 2.90. The maximum atomic E-state index is 5.78. The van der Waals surface area contributed by atoms with E-state index < -0.39 is 0 Å². The van der Waals surface area contributed by atoms with E-state index in [-0.39, 0.29) is 0 Å². The molecule has 0 heterocycles. The van der Waals surface area contributed by atoms with Gasteiger partial charge in [0.25, 0.3) is 0 Å². The molecular formula is C9H20N2. The first-order valence-electron chi connectivity index (χ1n) is 4.66. The van der Waals surface area contributed by atoms with Crippen molar-refractivity contribution in [3.63, 3.8) is 0 Å². The minimum absolute atomic E-state index is 0.448. The van der Waals surface area contributed by atoms with Crippen molar-refractivity contribution in [2.75, 3.05) is 13.6 Å². The monoisotopic (exact) mass is 156 g/mol. The summed E-state index contributed by atoms with van der Waals surface area (Å²) in [5.74, 6) is 0. The summed E-state index contributed by atoms with van der Waals surface area (Å²) in [5.41, 5.74) is 6.23. The summed E-state index contributed by atoms with van der Waals surface area (Å²) < 4.78 is 0. The molecule has 1 unspecified atom stereocenters. The van der Waals surface area contributed by atoms with Crippen LogP contribution in [0, 0.1) is 5.41 Å². The SMILES string of the molecule is CCC(NC)C1(CN)CCC1. The van der Waals surface area contributed by atoms with Gasteiger partial charge in [-0.15, -0.1) is 0 Å². The molecule has 66 valence electrons. The van der Waals surface area contributed by atoms with Gasteiger partial charge >= 0.3 is 0 Å². The van der Waals surface area contributed by atoms with Crippen LogP contribution in [0.5, 0.6) is 0 Å². The highest BCUT2D eigenvalue weighted by Crippen LogP contribution is 2.43. The van der Waals surface area contributed by atoms with Crippen LogP contribution in [0.2, 0.25) is 0 Å². The summed E-state index contributed by atoms with van der Waals surface area (Å²) in [4.78, 5) is 0. The van der Waals surface area contributed by atoms with Gasteiger partial charge in [-0.05, 0) is 38.3 Å². The van der Waals surface area contributed by atoms with Crippen LogP contribution in [0.1, 0.15) is 32.6 Å². The van der Waals surface area contributed by atoms with Crippen molar-refractivity contribution < 1.29 is 0 Å². The van der Waals surface area contributed by atoms with Gasteiger partial charge in [0.1, 0.15) is 0 Å². The Labute approximate surface area is 69.5 Å². The van der Waals surface area contributed by atoms with E-state index >= 15 is 0 Å². The van der Waals surface area contributed by atoms with Crippen molar-refractivity contribution in [2.45, 2.75) is 38.6 Å². The second-order valence-corrected chi connectivity index (χ2v) is 3.67. The van der Waals surface area contributed by atoms with E-state index in [2.05, 4.69) is 12.2 Å². The Balaban J connectivity index is 2.51. The average Bonchev–Trinajstić information content (AvgIpc) is 1.96. The first-order valence-corrected chi connectivity index (χ1v) is 4.66. The number of nitrogens with two attached hydrogens (primary N) is 1. The molecule has 0 aromatic heterocycles. The predicted octanol–water partition coefficient (Wildman–Crippen LogP) is 1.11. The highest BCUT2D eigenvalue weighted by Gasteiger charge is 2.41. The molecule has 11 heavy (non-hydrogen) atoms. The molecule has 0 radical (unpaired) electrons. The van der Waals surface area contributed by atoms with E-state index in [1.807, 2.05) is 7.05 Å². The standard InChI is InChI=1S/C9H20N2/c1-3-8(11-2)9(7-10)5-4-6-9/h8,11H,3-7,10H2,1-2H3. The molecule has 1 aliphatic rings. The fraction of sp³-hybridized carbons (Fsp3) is 1.00. The Hall–Kier alpha value is -0.0800. The lowest BCUT2D eigenvalue weighted by Crippen LogP contribution is -2.52. The number of rotatable bonds is 4. The Bertz CT molecular complexity index is 109. The van der Waals surface area contributed by atoms with Crippen molar-refractivity contribution in [3.05, 3.63) is 0 Å². The molecule has 0 saturated heterocycles. The number of nitrogens with one attached hydrogen (secondary N) is 1. The largest absolute Gasteiger partial charge is 0.330 e. The lowest BCUT2D eigenvalue weighted by Gasteiger charge is -2.47. The highest BCUT2D eigenvalue weighted by molar-refractivity contribution is 4.96. The second-order valence-electron chi connectivity index (χ2n) is 3.67. The molecule has 0 aliphatic heterocycles. The van der Waals surface area contributed by atoms with Crippen molar-refractivity contribution in [1.29, 1.82) is 0 Å². The zero-order valence-electron chi connectivity index (χ0n) is 7.69. The molecule has 1 atom stereocenters. The molecule has 0 aromatic rings. The van der Waals surface area contributed by atoms with Gasteiger partial charge in [-0.25, -0.2) is 0 Å². The van der Waals surface area contributed by atoms with Crippen LogP contribution in [-0.2, 0) is 0 Å². The van der Waals surface area contributed by atoms with Gasteiger partial charge in [-0.3, -0.25) is 0 Å². The van der Waals surface area contributed by atoms with Crippen molar-refractivity contribution in [2.24, 2.45) is 11.1 Å². The van der Waals surface area contributed by atoms with Crippen LogP contribution >= 0.6 is 0 Å². The minimum atomic E-state index is 0.448. The first kappa shape index (κ1) is 9.01. The molecule has 0 spiro atoms. The molecule has 0 aromatic carbocycles. The Morgan fingerprint density at radius 2 is 2.18 bits per heavy atom. The van der Waals surface area contributed by atoms with Crippen LogP contribution in [0.15, 0.2) is 0 Å². The molecule has 0 amide bonds. The molecule has 3 N–H and O–H groups in total. The number of hydrogen-bond donors (Lipinski definition) is 2. The summed E-state index contributed by atoms with van der Waals surface area (Å²) in [6, 6.07) is 0.640. The maximum Gasteiger partial charge on any atom is 0.0130 e. The average molecular weight is 156 g/mol. The van der Waals surface area contributed by atoms with Gasteiger partial charge in [0, 0.05) is 6.04 Å². The lowest BCUT2D eigenvalue weighted by atomic mass is 9.63. The quantitative estimate of drug-likeness (QED) is 0.640. The molecule has 1 saturated carbocycles. The van der Waals surface area contributed by atoms with E-state index in [1.54, 1.807) is 0 Å². The van der Waals surface area contributed by atoms with Crippen molar-refractivity contribution in [3.8, 4) is 0 Å². The maximum absolute atomic E-state index is 5.78. The van der Waals surface area contributed by atoms with Crippen LogP contribution in [0.3, 0.4) is 0 Å². The molecule has 0 bridgehead atoms. The van der Waals surface area contributed by atoms with Gasteiger partial charge in [0.15, 0.2) is 0 Å². The topological polar surface area (TPSA) is 38.0 Å². The van der Waals surface area contributed by atoms with Crippen molar-refractivity contribution in [1.82, 2.24) is 5.32 Å². The Morgan fingerprint density at radius 3 is 2.27 bits per heavy atom. The fourth-order valence-corrected chi connectivity index (χ4v) is 2.27. The summed E-state index contributed by atoms with van der Waals surface area (Å²) >= 11 is 0. The molecule has 2 nitrogen and oxygen atoms in total. The van der Waals surface area contributed by atoms with Crippen LogP contribution in [-0.4, -0.2) is 19.6 Å². The third-order valence-corrected chi connectivity index (χ3v) is 3.25. The van der Waals surface area contributed by atoms with Gasteiger partial charge in [-0.1, -0.05) is 13.3 Å². The third kappa shape index (κ3) is 1.42. The summed E-state index contributed by atoms with van der Waals surface area (Å²) in [6.07, 6.45) is 5.22. The summed E-state index contributed by atoms with van der Waals surface area (Å²) in [5, 5.41) is 3.37. The smallest absolute Gasteiger partial charge is 0.0130 e. The van der Waals surface area contributed by atoms with Gasteiger partial charge in [0.2, 0.25) is 0 Å². The van der Waals surface area contributed by atoms with Gasteiger partial charge in [-0.2, -0.15) is 0 Å². The zero-order valence-corrected chi connectivity index (χ0v) is 7.69. The van der Waals surface area contributed by atoms with Crippen LogP contribution in [0.25, 0.3) is 0 Å². The van der Waals surface area contributed by atoms with Crippen LogP contribution < -0.4 is 11.1 Å². The van der Waals surface area contributed by atoms with E-state index in [1.165, 1.54) is 25.7 Å². The fourth-order valence-electron chi connectivity index (χ4n) is 2.27. The van der Waals surface area contributed by atoms with E-state index in [4.69, 9.17) is 5.73 Å². The Morgan fingerprint density at radius 1 is 1.55 bits per heavy atom. The lowest BCUT2D eigenvalue weighted by molar-refractivity contribution is 0.0859. The second kappa shape index (κ2) is 3.55. The van der Waals surface area contributed by atoms with Crippen molar-refractivity contribution >= 4 is 0 Å². The van der Waals surface area contributed by atoms with E-state index in [0.717, 1.165) is 6.54 Å². The molecule has 1 fully saturated rings. The molecule has 1 aliphatic carbocycles. The molecule has 1 rings (SSSR count). The first-order chi connectivity index (χ1) is 5.29. The summed E-state index contributed by atoms with van der Waals surface area (Å²) in [7, 11) is 2.05. The zero-order chi connectivity index (χ0) is 8.32. The normalized spacial score (nSPS) is 24.3. The predicted molar refractivity (Wildman–Crippen MR) is 48.5 cm³/mol. The highest BCUT2D eigenvalue weighted by atomic mass is 14.9.